The zero-order valence-corrected chi connectivity index (χ0v) is 11.3. The molecule has 5 nitrogen and oxygen atoms in total. The van der Waals surface area contributed by atoms with Gasteiger partial charge in [-0.2, -0.15) is 0 Å². The molecule has 0 bridgehead atoms. The summed E-state index contributed by atoms with van der Waals surface area (Å²) in [6, 6.07) is 3.24. The van der Waals surface area contributed by atoms with Crippen molar-refractivity contribution in [2.75, 3.05) is 6.61 Å². The third kappa shape index (κ3) is 3.90. The summed E-state index contributed by atoms with van der Waals surface area (Å²) in [5, 5.41) is 10.7. The van der Waals surface area contributed by atoms with Gasteiger partial charge in [0.2, 0.25) is 0 Å². The van der Waals surface area contributed by atoms with Crippen molar-refractivity contribution in [1.29, 1.82) is 0 Å². The highest BCUT2D eigenvalue weighted by Crippen LogP contribution is 2.27. The molecule has 0 atom stereocenters. The molecule has 20 heavy (non-hydrogen) atoms. The number of non-ortho nitro benzene ring substituents is 1. The minimum Gasteiger partial charge on any atom is -0.491 e. The standard InChI is InChI=1S/C14H19FN2O3/c15-11-7-12(17(18)19)9-13(8-11)20-10-14(16)5-3-1-2-4-6-14/h7-9H,1-6,10,16H2. The molecular formula is C14H19FN2O3. The van der Waals surface area contributed by atoms with Gasteiger partial charge < -0.3 is 10.5 Å². The minimum absolute atomic E-state index is 0.158. The van der Waals surface area contributed by atoms with Crippen molar-refractivity contribution in [2.24, 2.45) is 5.73 Å². The normalized spacial score (nSPS) is 18.3. The monoisotopic (exact) mass is 282 g/mol. The maximum absolute atomic E-state index is 13.3. The Morgan fingerprint density at radius 1 is 1.25 bits per heavy atom. The van der Waals surface area contributed by atoms with E-state index in [0.29, 0.717) is 0 Å². The van der Waals surface area contributed by atoms with E-state index in [-0.39, 0.29) is 18.0 Å². The van der Waals surface area contributed by atoms with Gasteiger partial charge in [0.1, 0.15) is 18.2 Å². The van der Waals surface area contributed by atoms with Gasteiger partial charge in [-0.15, -0.1) is 0 Å². The zero-order chi connectivity index (χ0) is 14.6. The Kier molecular flexibility index (Phi) is 4.54. The highest BCUT2D eigenvalue weighted by molar-refractivity contribution is 5.38. The van der Waals surface area contributed by atoms with Crippen LogP contribution in [0.4, 0.5) is 10.1 Å². The molecule has 0 amide bonds. The molecular weight excluding hydrogens is 263 g/mol. The van der Waals surface area contributed by atoms with Crippen molar-refractivity contribution in [3.05, 3.63) is 34.1 Å². The number of nitro groups is 1. The maximum Gasteiger partial charge on any atom is 0.276 e. The lowest BCUT2D eigenvalue weighted by Crippen LogP contribution is -2.45. The van der Waals surface area contributed by atoms with E-state index in [1.54, 1.807) is 0 Å². The van der Waals surface area contributed by atoms with Gasteiger partial charge in [0.05, 0.1) is 22.6 Å². The summed E-state index contributed by atoms with van der Waals surface area (Å²) in [6.07, 6.45) is 6.19. The third-order valence-corrected chi connectivity index (χ3v) is 3.69. The van der Waals surface area contributed by atoms with E-state index in [2.05, 4.69) is 0 Å². The summed E-state index contributed by atoms with van der Waals surface area (Å²) in [5.41, 5.74) is 5.56. The summed E-state index contributed by atoms with van der Waals surface area (Å²) in [7, 11) is 0. The van der Waals surface area contributed by atoms with Crippen LogP contribution in [0, 0.1) is 15.9 Å². The van der Waals surface area contributed by atoms with Crippen LogP contribution in [0.3, 0.4) is 0 Å². The van der Waals surface area contributed by atoms with E-state index >= 15 is 0 Å². The Hall–Kier alpha value is -1.69. The molecule has 0 aliphatic heterocycles. The zero-order valence-electron chi connectivity index (χ0n) is 11.3. The van der Waals surface area contributed by atoms with E-state index in [0.717, 1.165) is 37.8 Å². The van der Waals surface area contributed by atoms with E-state index in [4.69, 9.17) is 10.5 Å². The number of nitrogens with two attached hydrogens (primary N) is 1. The number of benzene rings is 1. The van der Waals surface area contributed by atoms with Crippen LogP contribution in [0.15, 0.2) is 18.2 Å². The second-order valence-corrected chi connectivity index (χ2v) is 5.47. The van der Waals surface area contributed by atoms with Gasteiger partial charge in [-0.05, 0) is 12.8 Å². The molecule has 2 rings (SSSR count). The highest BCUT2D eigenvalue weighted by atomic mass is 19.1. The molecule has 0 unspecified atom stereocenters. The summed E-state index contributed by atoms with van der Waals surface area (Å²) in [5.74, 6) is -0.521. The van der Waals surface area contributed by atoms with E-state index in [9.17, 15) is 14.5 Å². The van der Waals surface area contributed by atoms with Crippen LogP contribution in [0.2, 0.25) is 0 Å². The first kappa shape index (κ1) is 14.7. The van der Waals surface area contributed by atoms with Crippen LogP contribution in [0.25, 0.3) is 0 Å². The SMILES string of the molecule is NC1(COc2cc(F)cc([N+](=O)[O-])c2)CCCCCC1. The first-order valence-electron chi connectivity index (χ1n) is 6.85. The average molecular weight is 282 g/mol. The Morgan fingerprint density at radius 3 is 2.50 bits per heavy atom. The molecule has 1 aliphatic rings. The molecule has 1 aromatic rings. The average Bonchev–Trinajstić information content (AvgIpc) is 2.61. The van der Waals surface area contributed by atoms with Crippen LogP contribution in [-0.2, 0) is 0 Å². The van der Waals surface area contributed by atoms with Crippen molar-refractivity contribution < 1.29 is 14.1 Å². The second kappa shape index (κ2) is 6.17. The molecule has 0 aromatic heterocycles. The van der Waals surface area contributed by atoms with Crippen LogP contribution >= 0.6 is 0 Å². The Balaban J connectivity index is 2.04. The maximum atomic E-state index is 13.3. The third-order valence-electron chi connectivity index (χ3n) is 3.69. The van der Waals surface area contributed by atoms with Crippen molar-refractivity contribution in [1.82, 2.24) is 0 Å². The van der Waals surface area contributed by atoms with E-state index in [1.807, 2.05) is 0 Å². The molecule has 0 heterocycles. The fraction of sp³-hybridized carbons (Fsp3) is 0.571. The van der Waals surface area contributed by atoms with E-state index < -0.39 is 16.3 Å². The van der Waals surface area contributed by atoms with Crippen LogP contribution in [0.5, 0.6) is 5.75 Å². The van der Waals surface area contributed by atoms with Gasteiger partial charge >= 0.3 is 0 Å². The lowest BCUT2D eigenvalue weighted by Gasteiger charge is -2.27. The smallest absolute Gasteiger partial charge is 0.276 e. The van der Waals surface area contributed by atoms with Gasteiger partial charge in [0, 0.05) is 6.07 Å². The molecule has 2 N–H and O–H groups in total. The first-order valence-corrected chi connectivity index (χ1v) is 6.85. The molecule has 110 valence electrons. The molecule has 1 fully saturated rings. The minimum atomic E-state index is -0.680. The van der Waals surface area contributed by atoms with Crippen LogP contribution in [0.1, 0.15) is 38.5 Å². The number of hydrogen-bond acceptors (Lipinski definition) is 4. The number of nitro benzene ring substituents is 1. The van der Waals surface area contributed by atoms with Gasteiger partial charge in [-0.1, -0.05) is 25.7 Å². The fourth-order valence-electron chi connectivity index (χ4n) is 2.54. The molecule has 1 saturated carbocycles. The highest BCUT2D eigenvalue weighted by Gasteiger charge is 2.27. The fourth-order valence-corrected chi connectivity index (χ4v) is 2.54. The van der Waals surface area contributed by atoms with Gasteiger partial charge in [-0.25, -0.2) is 4.39 Å². The van der Waals surface area contributed by atoms with Crippen molar-refractivity contribution in [2.45, 2.75) is 44.1 Å². The lowest BCUT2D eigenvalue weighted by atomic mass is 9.92. The Labute approximate surface area is 117 Å². The second-order valence-electron chi connectivity index (χ2n) is 5.47. The van der Waals surface area contributed by atoms with Crippen molar-refractivity contribution >= 4 is 5.69 Å². The number of ether oxygens (including phenoxy) is 1. The number of rotatable bonds is 4. The van der Waals surface area contributed by atoms with E-state index in [1.165, 1.54) is 18.9 Å². The van der Waals surface area contributed by atoms with Crippen molar-refractivity contribution in [3.8, 4) is 5.75 Å². The molecule has 0 saturated heterocycles. The number of hydrogen-bond donors (Lipinski definition) is 1. The summed E-state index contributed by atoms with van der Waals surface area (Å²) < 4.78 is 18.8. The number of nitrogens with zero attached hydrogens (tertiary/aromatic N) is 1. The van der Waals surface area contributed by atoms with Gasteiger partial charge in [0.15, 0.2) is 0 Å². The molecule has 0 radical (unpaired) electrons. The predicted octanol–water partition coefficient (Wildman–Crippen LogP) is 3.16. The molecule has 0 spiro atoms. The number of halogens is 1. The first-order chi connectivity index (χ1) is 9.48. The predicted molar refractivity (Wildman–Crippen MR) is 73.2 cm³/mol. The molecule has 6 heteroatoms. The summed E-state index contributed by atoms with van der Waals surface area (Å²) in [4.78, 5) is 10.0. The molecule has 1 aliphatic carbocycles. The van der Waals surface area contributed by atoms with Gasteiger partial charge in [0.25, 0.3) is 5.69 Å². The largest absolute Gasteiger partial charge is 0.491 e. The van der Waals surface area contributed by atoms with Gasteiger partial charge in [-0.3, -0.25) is 10.1 Å². The lowest BCUT2D eigenvalue weighted by molar-refractivity contribution is -0.385. The summed E-state index contributed by atoms with van der Waals surface area (Å²) in [6.45, 7) is 0.258. The summed E-state index contributed by atoms with van der Waals surface area (Å²) >= 11 is 0. The quantitative estimate of drug-likeness (QED) is 0.522. The molecule has 1 aromatic carbocycles. The van der Waals surface area contributed by atoms with Crippen LogP contribution in [-0.4, -0.2) is 17.1 Å². The Bertz CT molecular complexity index is 485. The Morgan fingerprint density at radius 2 is 1.90 bits per heavy atom. The van der Waals surface area contributed by atoms with Crippen LogP contribution < -0.4 is 10.5 Å². The topological polar surface area (TPSA) is 78.4 Å². The van der Waals surface area contributed by atoms with Crippen molar-refractivity contribution in [3.63, 3.8) is 0 Å².